The van der Waals surface area contributed by atoms with E-state index in [4.69, 9.17) is 0 Å². The largest absolute Gasteiger partial charge is 0.418 e. The van der Waals surface area contributed by atoms with Crippen LogP contribution in [-0.4, -0.2) is 30.4 Å². The second kappa shape index (κ2) is 8.99. The van der Waals surface area contributed by atoms with E-state index >= 15 is 0 Å². The van der Waals surface area contributed by atoms with E-state index in [-0.39, 0.29) is 21.8 Å². The molecule has 4 aromatic rings. The third-order valence-corrected chi connectivity index (χ3v) is 6.20. The minimum atomic E-state index is -4.69. The number of hydrogen-bond acceptors (Lipinski definition) is 4. The molecule has 1 heterocycles. The molecule has 6 nitrogen and oxygen atoms in total. The van der Waals surface area contributed by atoms with Gasteiger partial charge in [-0.25, -0.2) is 17.5 Å². The quantitative estimate of drug-likeness (QED) is 0.372. The Bertz CT molecular complexity index is 1510. The van der Waals surface area contributed by atoms with Crippen LogP contribution in [0.5, 0.6) is 0 Å². The van der Waals surface area contributed by atoms with Crippen molar-refractivity contribution in [1.29, 1.82) is 0 Å². The van der Waals surface area contributed by atoms with E-state index < -0.39 is 39.0 Å². The average Bonchev–Trinajstić information content (AvgIpc) is 3.24. The SMILES string of the molecule is CS(=O)(=O)c1ccc(-c2nn(-c3cccc(F)c3)cc2C(=O)Nc2ccccc2C(F)(F)F)cc1. The molecule has 0 bridgehead atoms. The zero-order valence-corrected chi connectivity index (χ0v) is 18.9. The van der Waals surface area contributed by atoms with Crippen molar-refractivity contribution in [2.45, 2.75) is 11.1 Å². The summed E-state index contributed by atoms with van der Waals surface area (Å²) in [5.41, 5.74) is -0.892. The molecule has 180 valence electrons. The molecule has 0 spiro atoms. The number of benzene rings is 3. The minimum absolute atomic E-state index is 0.0379. The molecule has 0 aliphatic carbocycles. The topological polar surface area (TPSA) is 81.1 Å². The van der Waals surface area contributed by atoms with Crippen LogP contribution in [0.25, 0.3) is 16.9 Å². The van der Waals surface area contributed by atoms with Crippen LogP contribution in [0, 0.1) is 5.82 Å². The number of rotatable bonds is 5. The second-order valence-corrected chi connectivity index (χ2v) is 9.63. The Labute approximate surface area is 197 Å². The lowest BCUT2D eigenvalue weighted by Crippen LogP contribution is -2.16. The van der Waals surface area contributed by atoms with Gasteiger partial charge in [-0.3, -0.25) is 4.79 Å². The first kappa shape index (κ1) is 24.1. The van der Waals surface area contributed by atoms with Crippen molar-refractivity contribution in [2.75, 3.05) is 11.6 Å². The number of anilines is 1. The van der Waals surface area contributed by atoms with Crippen LogP contribution in [0.2, 0.25) is 0 Å². The van der Waals surface area contributed by atoms with Crippen molar-refractivity contribution in [3.63, 3.8) is 0 Å². The van der Waals surface area contributed by atoms with Gasteiger partial charge in [0.25, 0.3) is 5.91 Å². The Hall–Kier alpha value is -3.99. The van der Waals surface area contributed by atoms with Gasteiger partial charge in [0.05, 0.1) is 27.4 Å². The van der Waals surface area contributed by atoms with Gasteiger partial charge in [-0.1, -0.05) is 30.3 Å². The van der Waals surface area contributed by atoms with Crippen molar-refractivity contribution in [3.8, 4) is 16.9 Å². The molecule has 0 aliphatic heterocycles. The van der Waals surface area contributed by atoms with Gasteiger partial charge >= 0.3 is 6.18 Å². The molecule has 11 heteroatoms. The van der Waals surface area contributed by atoms with E-state index in [0.717, 1.165) is 18.4 Å². The number of para-hydroxylation sites is 1. The Morgan fingerprint density at radius 2 is 1.66 bits per heavy atom. The van der Waals surface area contributed by atoms with E-state index in [9.17, 15) is 30.8 Å². The maximum atomic E-state index is 13.8. The lowest BCUT2D eigenvalue weighted by Gasteiger charge is -2.13. The highest BCUT2D eigenvalue weighted by atomic mass is 32.2. The molecule has 0 unspecified atom stereocenters. The van der Waals surface area contributed by atoms with Crippen molar-refractivity contribution in [1.82, 2.24) is 9.78 Å². The third kappa shape index (κ3) is 5.24. The molecule has 1 aromatic heterocycles. The minimum Gasteiger partial charge on any atom is -0.321 e. The van der Waals surface area contributed by atoms with Crippen molar-refractivity contribution in [3.05, 3.63) is 95.9 Å². The van der Waals surface area contributed by atoms with Crippen LogP contribution in [-0.2, 0) is 16.0 Å². The smallest absolute Gasteiger partial charge is 0.321 e. The summed E-state index contributed by atoms with van der Waals surface area (Å²) in [6.07, 6.45) is -2.39. The zero-order valence-electron chi connectivity index (χ0n) is 18.0. The fraction of sp³-hybridized carbons (Fsp3) is 0.0833. The molecule has 0 radical (unpaired) electrons. The molecule has 4 rings (SSSR count). The molecular formula is C24H17F4N3O3S. The van der Waals surface area contributed by atoms with E-state index in [0.29, 0.717) is 5.56 Å². The predicted octanol–water partition coefficient (Wildman–Crippen LogP) is 5.35. The summed E-state index contributed by atoms with van der Waals surface area (Å²) in [5.74, 6) is -1.44. The number of halogens is 4. The first-order chi connectivity index (χ1) is 16.4. The molecule has 1 N–H and O–H groups in total. The maximum Gasteiger partial charge on any atom is 0.418 e. The van der Waals surface area contributed by atoms with Gasteiger partial charge in [-0.2, -0.15) is 18.3 Å². The van der Waals surface area contributed by atoms with Gasteiger partial charge in [0.15, 0.2) is 9.84 Å². The van der Waals surface area contributed by atoms with Crippen LogP contribution >= 0.6 is 0 Å². The van der Waals surface area contributed by atoms with E-state index in [1.54, 1.807) is 0 Å². The molecule has 0 atom stereocenters. The van der Waals surface area contributed by atoms with Crippen LogP contribution in [0.15, 0.2) is 83.9 Å². The van der Waals surface area contributed by atoms with Crippen molar-refractivity contribution >= 4 is 21.4 Å². The van der Waals surface area contributed by atoms with Crippen LogP contribution in [0.4, 0.5) is 23.2 Å². The second-order valence-electron chi connectivity index (χ2n) is 7.61. The number of sulfone groups is 1. The lowest BCUT2D eigenvalue weighted by atomic mass is 10.1. The maximum absolute atomic E-state index is 13.8. The molecule has 0 saturated carbocycles. The third-order valence-electron chi connectivity index (χ3n) is 5.07. The summed E-state index contributed by atoms with van der Waals surface area (Å²) in [6.45, 7) is 0. The van der Waals surface area contributed by atoms with Crippen molar-refractivity contribution in [2.24, 2.45) is 0 Å². The van der Waals surface area contributed by atoms with Gasteiger partial charge in [0.1, 0.15) is 11.5 Å². The molecule has 0 fully saturated rings. The molecule has 35 heavy (non-hydrogen) atoms. The number of alkyl halides is 3. The van der Waals surface area contributed by atoms with Gasteiger partial charge in [0.2, 0.25) is 0 Å². The molecule has 3 aromatic carbocycles. The summed E-state index contributed by atoms with van der Waals surface area (Å²) in [5, 5.41) is 6.61. The van der Waals surface area contributed by atoms with Crippen LogP contribution in [0.3, 0.4) is 0 Å². The highest BCUT2D eigenvalue weighted by Gasteiger charge is 2.34. The van der Waals surface area contributed by atoms with E-state index in [1.165, 1.54) is 71.5 Å². The Kier molecular flexibility index (Phi) is 6.20. The van der Waals surface area contributed by atoms with Gasteiger partial charge in [-0.15, -0.1) is 0 Å². The number of hydrogen-bond donors (Lipinski definition) is 1. The summed E-state index contributed by atoms with van der Waals surface area (Å²) in [4.78, 5) is 13.2. The molecule has 0 saturated heterocycles. The fourth-order valence-corrected chi connectivity index (χ4v) is 4.02. The van der Waals surface area contributed by atoms with Gasteiger partial charge < -0.3 is 5.32 Å². The van der Waals surface area contributed by atoms with E-state index in [2.05, 4.69) is 10.4 Å². The van der Waals surface area contributed by atoms with Gasteiger partial charge in [0, 0.05) is 18.0 Å². The molecular weight excluding hydrogens is 486 g/mol. The zero-order chi connectivity index (χ0) is 25.4. The first-order valence-corrected chi connectivity index (χ1v) is 12.0. The fourth-order valence-electron chi connectivity index (χ4n) is 3.39. The Morgan fingerprint density at radius 3 is 2.29 bits per heavy atom. The van der Waals surface area contributed by atoms with Crippen molar-refractivity contribution < 1.29 is 30.8 Å². The standard InChI is InChI=1S/C24H17F4N3O3S/c1-35(33,34)18-11-9-15(10-12-18)22-19(14-31(30-22)17-6-4-5-16(25)13-17)23(32)29-21-8-3-2-7-20(21)24(26,27)28/h2-14H,1H3,(H,29,32). The highest BCUT2D eigenvalue weighted by Crippen LogP contribution is 2.35. The Balaban J connectivity index is 1.80. The summed E-state index contributed by atoms with van der Waals surface area (Å²) in [7, 11) is -3.48. The number of carbonyl (C=O) groups is 1. The summed E-state index contributed by atoms with van der Waals surface area (Å²) in [6, 6.07) is 15.4. The first-order valence-electron chi connectivity index (χ1n) is 10.1. The average molecular weight is 503 g/mol. The lowest BCUT2D eigenvalue weighted by molar-refractivity contribution is -0.136. The van der Waals surface area contributed by atoms with E-state index in [1.807, 2.05) is 0 Å². The molecule has 0 aliphatic rings. The highest BCUT2D eigenvalue weighted by molar-refractivity contribution is 7.90. The van der Waals surface area contributed by atoms with Crippen LogP contribution < -0.4 is 5.32 Å². The monoisotopic (exact) mass is 503 g/mol. The normalized spacial score (nSPS) is 11.9. The number of aromatic nitrogens is 2. The summed E-state index contributed by atoms with van der Waals surface area (Å²) < 4.78 is 78.7. The number of amides is 1. The van der Waals surface area contributed by atoms with Crippen LogP contribution in [0.1, 0.15) is 15.9 Å². The number of carbonyl (C=O) groups excluding carboxylic acids is 1. The predicted molar refractivity (Wildman–Crippen MR) is 121 cm³/mol. The molecule has 1 amide bonds. The van der Waals surface area contributed by atoms with Gasteiger partial charge in [-0.05, 0) is 42.5 Å². The Morgan fingerprint density at radius 1 is 0.971 bits per heavy atom. The number of nitrogens with one attached hydrogen (secondary N) is 1. The number of nitrogens with zero attached hydrogens (tertiary/aromatic N) is 2. The summed E-state index contributed by atoms with van der Waals surface area (Å²) >= 11 is 0.